The zero-order valence-corrected chi connectivity index (χ0v) is 13.8. The van der Waals surface area contributed by atoms with Crippen molar-refractivity contribution in [3.05, 3.63) is 0 Å². The van der Waals surface area contributed by atoms with Gasteiger partial charge in [0.2, 0.25) is 5.91 Å². The zero-order chi connectivity index (χ0) is 17.1. The summed E-state index contributed by atoms with van der Waals surface area (Å²) >= 11 is 0. The normalized spacial score (nSPS) is 30.4. The smallest absolute Gasteiger partial charge is 0.334 e. The van der Waals surface area contributed by atoms with E-state index in [9.17, 15) is 14.4 Å². The van der Waals surface area contributed by atoms with Gasteiger partial charge >= 0.3 is 12.0 Å². The number of carboxylic acids is 1. The predicted octanol–water partition coefficient (Wildman–Crippen LogP) is 0.273. The number of carbonyl (C=O) groups excluding carboxylic acids is 2. The lowest BCUT2D eigenvalue weighted by Gasteiger charge is -2.35. The van der Waals surface area contributed by atoms with E-state index in [1.807, 2.05) is 4.90 Å². The van der Waals surface area contributed by atoms with E-state index in [-0.39, 0.29) is 17.9 Å². The molecule has 3 atom stereocenters. The zero-order valence-electron chi connectivity index (χ0n) is 13.8. The molecule has 3 aliphatic rings. The fraction of sp³-hybridized carbons (Fsp3) is 0.812. The van der Waals surface area contributed by atoms with Crippen molar-refractivity contribution in [1.29, 1.82) is 0 Å². The Hall–Kier alpha value is -1.83. The first-order chi connectivity index (χ1) is 11.6. The molecule has 0 aromatic rings. The molecule has 3 amide bonds. The first-order valence-corrected chi connectivity index (χ1v) is 8.75. The Kier molecular flexibility index (Phi) is 5.23. The van der Waals surface area contributed by atoms with E-state index in [4.69, 9.17) is 9.84 Å². The summed E-state index contributed by atoms with van der Waals surface area (Å²) in [6.45, 7) is 3.03. The number of piperidine rings is 1. The maximum Gasteiger partial charge on any atom is 0.334 e. The molecule has 3 saturated heterocycles. The Morgan fingerprint density at radius 2 is 1.71 bits per heavy atom. The van der Waals surface area contributed by atoms with Crippen molar-refractivity contribution in [2.45, 2.75) is 44.2 Å². The number of urea groups is 1. The van der Waals surface area contributed by atoms with E-state index in [0.29, 0.717) is 26.1 Å². The van der Waals surface area contributed by atoms with Crippen LogP contribution in [0.4, 0.5) is 4.79 Å². The second-order valence-electron chi connectivity index (χ2n) is 6.80. The summed E-state index contributed by atoms with van der Waals surface area (Å²) in [5.74, 6) is -1.50. The van der Waals surface area contributed by atoms with Gasteiger partial charge in [-0.3, -0.25) is 4.79 Å². The van der Waals surface area contributed by atoms with Crippen LogP contribution in [0.15, 0.2) is 0 Å². The molecule has 3 rings (SSSR count). The Bertz CT molecular complexity index is 506. The molecule has 0 aliphatic carbocycles. The lowest BCUT2D eigenvalue weighted by Crippen LogP contribution is -2.52. The molecule has 3 aliphatic heterocycles. The lowest BCUT2D eigenvalue weighted by molar-refractivity contribution is -0.148. The monoisotopic (exact) mass is 339 g/mol. The Balaban J connectivity index is 1.55. The van der Waals surface area contributed by atoms with E-state index in [1.54, 1.807) is 4.90 Å². The average Bonchev–Trinajstić information content (AvgIpc) is 3.25. The topological polar surface area (TPSA) is 99.2 Å². The standard InChI is InChI=1S/C16H25N3O5/c20-14(17-12-5-9-24-13(12)15(21)22)11-4-3-8-19(10-11)16(23)18-6-1-2-7-18/h11-13H,1-10H2,(H,17,20)(H,21,22)/t11?,12-,13+/m0/s1. The Labute approximate surface area is 141 Å². The summed E-state index contributed by atoms with van der Waals surface area (Å²) in [5, 5.41) is 11.9. The van der Waals surface area contributed by atoms with Gasteiger partial charge in [-0.2, -0.15) is 0 Å². The molecule has 3 heterocycles. The van der Waals surface area contributed by atoms with Crippen LogP contribution < -0.4 is 5.32 Å². The third kappa shape index (κ3) is 3.63. The molecular weight excluding hydrogens is 314 g/mol. The SMILES string of the molecule is O=C(N[C@H]1CCO[C@H]1C(=O)O)C1CCCN(C(=O)N2CCCC2)C1. The molecule has 24 heavy (non-hydrogen) atoms. The summed E-state index contributed by atoms with van der Waals surface area (Å²) in [7, 11) is 0. The van der Waals surface area contributed by atoms with Crippen molar-refractivity contribution in [2.24, 2.45) is 5.92 Å². The predicted molar refractivity (Wildman–Crippen MR) is 84.4 cm³/mol. The van der Waals surface area contributed by atoms with E-state index in [2.05, 4.69) is 5.32 Å². The van der Waals surface area contributed by atoms with Gasteiger partial charge in [0.1, 0.15) is 0 Å². The van der Waals surface area contributed by atoms with Crippen LogP contribution in [0, 0.1) is 5.92 Å². The minimum atomic E-state index is -1.05. The second-order valence-corrected chi connectivity index (χ2v) is 6.80. The van der Waals surface area contributed by atoms with Gasteiger partial charge < -0.3 is 25.0 Å². The van der Waals surface area contributed by atoms with Crippen molar-refractivity contribution < 1.29 is 24.2 Å². The van der Waals surface area contributed by atoms with Crippen LogP contribution in [0.2, 0.25) is 0 Å². The highest BCUT2D eigenvalue weighted by atomic mass is 16.5. The number of amides is 3. The van der Waals surface area contributed by atoms with Crippen molar-refractivity contribution in [2.75, 3.05) is 32.8 Å². The van der Waals surface area contributed by atoms with Gasteiger partial charge in [0.15, 0.2) is 6.10 Å². The second kappa shape index (κ2) is 7.38. The number of nitrogens with zero attached hydrogens (tertiary/aromatic N) is 2. The lowest BCUT2D eigenvalue weighted by atomic mass is 9.96. The minimum Gasteiger partial charge on any atom is -0.479 e. The third-order valence-electron chi connectivity index (χ3n) is 5.10. The number of likely N-dealkylation sites (tertiary alicyclic amines) is 2. The molecule has 0 radical (unpaired) electrons. The van der Waals surface area contributed by atoms with E-state index < -0.39 is 18.1 Å². The van der Waals surface area contributed by atoms with Gasteiger partial charge in [-0.1, -0.05) is 0 Å². The highest BCUT2D eigenvalue weighted by Gasteiger charge is 2.38. The number of carbonyl (C=O) groups is 3. The summed E-state index contributed by atoms with van der Waals surface area (Å²) in [4.78, 5) is 39.7. The van der Waals surface area contributed by atoms with Crippen molar-refractivity contribution >= 4 is 17.9 Å². The van der Waals surface area contributed by atoms with Crippen LogP contribution in [0.3, 0.4) is 0 Å². The van der Waals surface area contributed by atoms with Crippen LogP contribution in [0.5, 0.6) is 0 Å². The Morgan fingerprint density at radius 3 is 2.42 bits per heavy atom. The molecule has 3 fully saturated rings. The van der Waals surface area contributed by atoms with Crippen LogP contribution in [-0.4, -0.2) is 77.7 Å². The molecular formula is C16H25N3O5. The summed E-state index contributed by atoms with van der Waals surface area (Å²) < 4.78 is 5.16. The van der Waals surface area contributed by atoms with Crippen LogP contribution in [0.1, 0.15) is 32.1 Å². The molecule has 0 bridgehead atoms. The Morgan fingerprint density at radius 1 is 1.00 bits per heavy atom. The fourth-order valence-corrected chi connectivity index (χ4v) is 3.75. The number of hydrogen-bond acceptors (Lipinski definition) is 4. The van der Waals surface area contributed by atoms with Crippen LogP contribution >= 0.6 is 0 Å². The molecule has 8 nitrogen and oxygen atoms in total. The van der Waals surface area contributed by atoms with Crippen LogP contribution in [-0.2, 0) is 14.3 Å². The first kappa shape index (κ1) is 17.0. The van der Waals surface area contributed by atoms with E-state index in [1.165, 1.54) is 0 Å². The molecule has 0 aromatic carbocycles. The third-order valence-corrected chi connectivity index (χ3v) is 5.10. The van der Waals surface area contributed by atoms with Gasteiger partial charge in [-0.15, -0.1) is 0 Å². The average molecular weight is 339 g/mol. The molecule has 0 aromatic heterocycles. The van der Waals surface area contributed by atoms with Gasteiger partial charge in [0.25, 0.3) is 0 Å². The van der Waals surface area contributed by atoms with Gasteiger partial charge in [0.05, 0.1) is 12.0 Å². The molecule has 2 N–H and O–H groups in total. The van der Waals surface area contributed by atoms with Gasteiger partial charge in [-0.25, -0.2) is 9.59 Å². The molecule has 134 valence electrons. The van der Waals surface area contributed by atoms with Crippen molar-refractivity contribution in [3.63, 3.8) is 0 Å². The van der Waals surface area contributed by atoms with Crippen molar-refractivity contribution in [1.82, 2.24) is 15.1 Å². The summed E-state index contributed by atoms with van der Waals surface area (Å²) in [6.07, 6.45) is 3.14. The van der Waals surface area contributed by atoms with E-state index >= 15 is 0 Å². The number of nitrogens with one attached hydrogen (secondary N) is 1. The summed E-state index contributed by atoms with van der Waals surface area (Å²) in [6, 6.07) is -0.461. The first-order valence-electron chi connectivity index (χ1n) is 8.75. The number of aliphatic carboxylic acids is 1. The number of hydrogen-bond donors (Lipinski definition) is 2. The van der Waals surface area contributed by atoms with E-state index in [0.717, 1.165) is 38.8 Å². The highest BCUT2D eigenvalue weighted by Crippen LogP contribution is 2.21. The largest absolute Gasteiger partial charge is 0.479 e. The molecule has 0 saturated carbocycles. The number of ether oxygens (including phenoxy) is 1. The molecule has 1 unspecified atom stereocenters. The number of rotatable bonds is 3. The van der Waals surface area contributed by atoms with Crippen LogP contribution in [0.25, 0.3) is 0 Å². The fourth-order valence-electron chi connectivity index (χ4n) is 3.75. The maximum atomic E-state index is 12.5. The molecule has 8 heteroatoms. The van der Waals surface area contributed by atoms with Gasteiger partial charge in [0, 0.05) is 32.8 Å². The maximum absolute atomic E-state index is 12.5. The minimum absolute atomic E-state index is 0.0256. The summed E-state index contributed by atoms with van der Waals surface area (Å²) in [5.41, 5.74) is 0. The quantitative estimate of drug-likeness (QED) is 0.769. The van der Waals surface area contributed by atoms with Crippen molar-refractivity contribution in [3.8, 4) is 0 Å². The van der Waals surface area contributed by atoms with Gasteiger partial charge in [-0.05, 0) is 32.1 Å². The number of carboxylic acid groups (broad SMARTS) is 1. The highest BCUT2D eigenvalue weighted by molar-refractivity contribution is 5.82. The molecule has 0 spiro atoms.